The molecule has 7 heteroatoms. The molecule has 0 saturated carbocycles. The van der Waals surface area contributed by atoms with Gasteiger partial charge < -0.3 is 14.8 Å². The molecular formula is C21H18ClN3O3. The number of carbonyl (C=O) groups is 1. The minimum atomic E-state index is -0.460. The first-order chi connectivity index (χ1) is 13.6. The van der Waals surface area contributed by atoms with Crippen LogP contribution in [-0.2, 0) is 0 Å². The molecule has 0 unspecified atom stereocenters. The van der Waals surface area contributed by atoms with Crippen molar-refractivity contribution in [2.75, 3.05) is 24.4 Å². The number of aromatic nitrogens is 1. The molecule has 3 aromatic rings. The lowest BCUT2D eigenvalue weighted by Gasteiger charge is -2.27. The largest absolute Gasteiger partial charge is 0.497 e. The molecule has 0 radical (unpaired) electrons. The van der Waals surface area contributed by atoms with Crippen molar-refractivity contribution in [1.29, 1.82) is 0 Å². The quantitative estimate of drug-likeness (QED) is 0.688. The zero-order chi connectivity index (χ0) is 19.7. The Morgan fingerprint density at radius 2 is 1.89 bits per heavy atom. The summed E-state index contributed by atoms with van der Waals surface area (Å²) in [6.07, 6.45) is 1.06. The summed E-state index contributed by atoms with van der Waals surface area (Å²) in [6.45, 7) is 0. The van der Waals surface area contributed by atoms with E-state index in [2.05, 4.69) is 10.3 Å². The van der Waals surface area contributed by atoms with Gasteiger partial charge in [0.1, 0.15) is 23.5 Å². The van der Waals surface area contributed by atoms with Crippen LogP contribution in [0.5, 0.6) is 11.5 Å². The lowest BCUT2D eigenvalue weighted by Crippen LogP contribution is -2.33. The van der Waals surface area contributed by atoms with E-state index in [1.165, 1.54) is 6.20 Å². The average Bonchev–Trinajstić information content (AvgIpc) is 3.00. The molecule has 1 N–H and O–H groups in total. The summed E-state index contributed by atoms with van der Waals surface area (Å²) in [5, 5.41) is 3.92. The van der Waals surface area contributed by atoms with Crippen LogP contribution in [0.4, 0.5) is 11.5 Å². The number of rotatable bonds is 5. The van der Waals surface area contributed by atoms with E-state index >= 15 is 0 Å². The van der Waals surface area contributed by atoms with Crippen LogP contribution in [0.1, 0.15) is 22.1 Å². The molecule has 0 bridgehead atoms. The lowest BCUT2D eigenvalue weighted by molar-refractivity contribution is 0.0992. The second-order valence-electron chi connectivity index (χ2n) is 6.21. The Hall–Kier alpha value is -3.25. The molecule has 1 amide bonds. The van der Waals surface area contributed by atoms with E-state index in [1.54, 1.807) is 31.3 Å². The Bertz CT molecular complexity index is 1020. The topological polar surface area (TPSA) is 63.7 Å². The maximum Gasteiger partial charge on any atom is 0.261 e. The van der Waals surface area contributed by atoms with E-state index in [-0.39, 0.29) is 5.91 Å². The van der Waals surface area contributed by atoms with Crippen LogP contribution in [-0.4, -0.2) is 25.1 Å². The summed E-state index contributed by atoms with van der Waals surface area (Å²) in [5.41, 5.74) is 2.18. The lowest BCUT2D eigenvalue weighted by atomic mass is 10.1. The van der Waals surface area contributed by atoms with Crippen molar-refractivity contribution in [3.63, 3.8) is 0 Å². The average molecular weight is 396 g/mol. The smallest absolute Gasteiger partial charge is 0.261 e. The molecule has 4 rings (SSSR count). The number of hydrogen-bond donors (Lipinski definition) is 1. The van der Waals surface area contributed by atoms with Gasteiger partial charge in [0.15, 0.2) is 0 Å². The van der Waals surface area contributed by atoms with Gasteiger partial charge in [0.05, 0.1) is 24.9 Å². The number of pyridine rings is 1. The van der Waals surface area contributed by atoms with Crippen molar-refractivity contribution in [1.82, 2.24) is 4.98 Å². The molecular weight excluding hydrogens is 378 g/mol. The number of hydrogen-bond acceptors (Lipinski definition) is 5. The predicted octanol–water partition coefficient (Wildman–Crippen LogP) is 4.52. The number of nitrogens with zero attached hydrogens (tertiary/aromatic N) is 2. The highest BCUT2D eigenvalue weighted by atomic mass is 35.5. The maximum atomic E-state index is 13.1. The molecule has 0 aliphatic carbocycles. The van der Waals surface area contributed by atoms with Gasteiger partial charge in [-0.1, -0.05) is 29.8 Å². The second-order valence-corrected chi connectivity index (χ2v) is 6.65. The predicted molar refractivity (Wildman–Crippen MR) is 108 cm³/mol. The van der Waals surface area contributed by atoms with Crippen molar-refractivity contribution >= 4 is 29.0 Å². The Balaban J connectivity index is 1.80. The Kier molecular flexibility index (Phi) is 4.79. The molecule has 0 saturated heterocycles. The molecule has 6 nitrogen and oxygen atoms in total. The van der Waals surface area contributed by atoms with Gasteiger partial charge in [0, 0.05) is 23.4 Å². The fourth-order valence-electron chi connectivity index (χ4n) is 3.28. The molecule has 1 aromatic heterocycles. The standard InChI is InChI=1S/C21H18ClN3O3/c1-27-14-8-9-18(28-2)17(11-14)24-20-15-5-3-4-6-16(15)21(26)25(20)19-10-7-13(22)12-23-19/h3-12,20,24H,1-2H3/t20-/m0/s1. The van der Waals surface area contributed by atoms with E-state index in [4.69, 9.17) is 21.1 Å². The summed E-state index contributed by atoms with van der Waals surface area (Å²) < 4.78 is 10.8. The number of halogens is 1. The van der Waals surface area contributed by atoms with Crippen LogP contribution >= 0.6 is 11.6 Å². The monoisotopic (exact) mass is 395 g/mol. The normalized spacial score (nSPS) is 15.3. The Morgan fingerprint density at radius 3 is 2.61 bits per heavy atom. The third-order valence-corrected chi connectivity index (χ3v) is 4.84. The zero-order valence-electron chi connectivity index (χ0n) is 15.3. The fourth-order valence-corrected chi connectivity index (χ4v) is 3.39. The second kappa shape index (κ2) is 7.40. The number of amides is 1. The van der Waals surface area contributed by atoms with Gasteiger partial charge in [-0.15, -0.1) is 0 Å². The summed E-state index contributed by atoms with van der Waals surface area (Å²) in [4.78, 5) is 19.1. The van der Waals surface area contributed by atoms with Gasteiger partial charge in [-0.3, -0.25) is 9.69 Å². The highest BCUT2D eigenvalue weighted by Gasteiger charge is 2.38. The van der Waals surface area contributed by atoms with Gasteiger partial charge >= 0.3 is 0 Å². The molecule has 2 heterocycles. The third-order valence-electron chi connectivity index (χ3n) is 4.62. The molecule has 2 aromatic carbocycles. The number of benzene rings is 2. The summed E-state index contributed by atoms with van der Waals surface area (Å²) in [6, 6.07) is 16.4. The van der Waals surface area contributed by atoms with Crippen LogP contribution in [0.25, 0.3) is 0 Å². The van der Waals surface area contributed by atoms with Crippen molar-refractivity contribution < 1.29 is 14.3 Å². The third kappa shape index (κ3) is 3.12. The van der Waals surface area contributed by atoms with Crippen LogP contribution in [0.3, 0.4) is 0 Å². The first kappa shape index (κ1) is 18.1. The van der Waals surface area contributed by atoms with E-state index in [1.807, 2.05) is 42.5 Å². The summed E-state index contributed by atoms with van der Waals surface area (Å²) in [7, 11) is 3.20. The maximum absolute atomic E-state index is 13.1. The van der Waals surface area contributed by atoms with Crippen molar-refractivity contribution in [3.8, 4) is 11.5 Å². The Morgan fingerprint density at radius 1 is 1.07 bits per heavy atom. The molecule has 1 atom stereocenters. The van der Waals surface area contributed by atoms with E-state index < -0.39 is 6.17 Å². The number of anilines is 2. The van der Waals surface area contributed by atoms with E-state index in [0.29, 0.717) is 33.6 Å². The minimum Gasteiger partial charge on any atom is -0.497 e. The first-order valence-electron chi connectivity index (χ1n) is 8.65. The molecule has 1 aliphatic heterocycles. The number of fused-ring (bicyclic) bond motifs is 1. The van der Waals surface area contributed by atoms with Crippen LogP contribution < -0.4 is 19.7 Å². The summed E-state index contributed by atoms with van der Waals surface area (Å²) in [5.74, 6) is 1.69. The number of carbonyl (C=O) groups excluding carboxylic acids is 1. The van der Waals surface area contributed by atoms with Crippen LogP contribution in [0, 0.1) is 0 Å². The molecule has 28 heavy (non-hydrogen) atoms. The summed E-state index contributed by atoms with van der Waals surface area (Å²) >= 11 is 5.97. The van der Waals surface area contributed by atoms with Crippen LogP contribution in [0.15, 0.2) is 60.8 Å². The van der Waals surface area contributed by atoms with Crippen molar-refractivity contribution in [3.05, 3.63) is 76.9 Å². The van der Waals surface area contributed by atoms with Crippen LogP contribution in [0.2, 0.25) is 5.02 Å². The van der Waals surface area contributed by atoms with Crippen molar-refractivity contribution in [2.45, 2.75) is 6.17 Å². The highest BCUT2D eigenvalue weighted by Crippen LogP contribution is 2.40. The van der Waals surface area contributed by atoms with Gasteiger partial charge in [-0.25, -0.2) is 4.98 Å². The van der Waals surface area contributed by atoms with Gasteiger partial charge in [0.2, 0.25) is 0 Å². The molecule has 0 spiro atoms. The molecule has 142 valence electrons. The zero-order valence-corrected chi connectivity index (χ0v) is 16.1. The number of nitrogens with one attached hydrogen (secondary N) is 1. The minimum absolute atomic E-state index is 0.134. The Labute approximate surface area is 167 Å². The molecule has 0 fully saturated rings. The van der Waals surface area contributed by atoms with Gasteiger partial charge in [-0.05, 0) is 30.3 Å². The SMILES string of the molecule is COc1ccc(OC)c(N[C@@H]2c3ccccc3C(=O)N2c2ccc(Cl)cn2)c1. The molecule has 1 aliphatic rings. The highest BCUT2D eigenvalue weighted by molar-refractivity contribution is 6.30. The van der Waals surface area contributed by atoms with E-state index in [0.717, 1.165) is 5.56 Å². The van der Waals surface area contributed by atoms with Gasteiger partial charge in [0.25, 0.3) is 5.91 Å². The van der Waals surface area contributed by atoms with E-state index in [9.17, 15) is 4.79 Å². The fraction of sp³-hybridized carbons (Fsp3) is 0.143. The van der Waals surface area contributed by atoms with Gasteiger partial charge in [-0.2, -0.15) is 0 Å². The number of ether oxygens (including phenoxy) is 2. The van der Waals surface area contributed by atoms with Crippen molar-refractivity contribution in [2.24, 2.45) is 0 Å². The first-order valence-corrected chi connectivity index (χ1v) is 9.03. The number of methoxy groups -OCH3 is 2.